The number of ether oxygens (including phenoxy) is 1. The van der Waals surface area contributed by atoms with Gasteiger partial charge in [0.1, 0.15) is 11.9 Å². The van der Waals surface area contributed by atoms with Gasteiger partial charge in [-0.15, -0.1) is 0 Å². The molecule has 4 heterocycles. The summed E-state index contributed by atoms with van der Waals surface area (Å²) in [5, 5.41) is 4.13. The van der Waals surface area contributed by atoms with Gasteiger partial charge in [-0.2, -0.15) is 13.6 Å². The normalized spacial score (nSPS) is 26.3. The molecule has 2 N–H and O–H groups in total. The predicted molar refractivity (Wildman–Crippen MR) is 90.9 cm³/mol. The highest BCUT2D eigenvalue weighted by Crippen LogP contribution is 2.33. The highest BCUT2D eigenvalue weighted by atomic mass is 32.2. The van der Waals surface area contributed by atoms with Crippen LogP contribution in [0.25, 0.3) is 0 Å². The maximum atomic E-state index is 13.9. The molecule has 3 unspecified atom stereocenters. The van der Waals surface area contributed by atoms with Crippen LogP contribution in [0, 0.1) is 11.8 Å². The van der Waals surface area contributed by atoms with E-state index in [1.807, 2.05) is 0 Å². The molecule has 27 heavy (non-hydrogen) atoms. The van der Waals surface area contributed by atoms with Crippen LogP contribution in [0.15, 0.2) is 18.5 Å². The van der Waals surface area contributed by atoms with Crippen LogP contribution in [0.5, 0.6) is 0 Å². The zero-order chi connectivity index (χ0) is 19.3. The Labute approximate surface area is 155 Å². The maximum Gasteiger partial charge on any atom is 0.250 e. The van der Waals surface area contributed by atoms with E-state index < -0.39 is 33.9 Å². The first-order valence-corrected chi connectivity index (χ1v) is 10.3. The summed E-state index contributed by atoms with van der Waals surface area (Å²) in [6.07, 6.45) is 3.19. The number of rotatable bonds is 3. The van der Waals surface area contributed by atoms with E-state index in [1.54, 1.807) is 0 Å². The molecule has 1 fully saturated rings. The molecular weight excluding hydrogens is 380 g/mol. The number of hydrogen-bond donors (Lipinski definition) is 1. The Morgan fingerprint density at radius 2 is 2.11 bits per heavy atom. The predicted octanol–water partition coefficient (Wildman–Crippen LogP) is 0.537. The molecule has 1 saturated heterocycles. The minimum absolute atomic E-state index is 0.0233. The molecule has 2 aromatic rings. The quantitative estimate of drug-likeness (QED) is 0.751. The molecule has 0 aromatic carbocycles. The van der Waals surface area contributed by atoms with Crippen molar-refractivity contribution in [2.45, 2.75) is 37.7 Å². The van der Waals surface area contributed by atoms with Gasteiger partial charge < -0.3 is 10.5 Å². The van der Waals surface area contributed by atoms with Gasteiger partial charge in [-0.3, -0.25) is 4.90 Å². The Balaban J connectivity index is 1.44. The monoisotopic (exact) mass is 399 g/mol. The lowest BCUT2D eigenvalue weighted by Crippen LogP contribution is -2.47. The van der Waals surface area contributed by atoms with Crippen molar-refractivity contribution >= 4 is 10.0 Å². The molecular formula is C16H19F2N5O3S. The van der Waals surface area contributed by atoms with Gasteiger partial charge in [-0.1, -0.05) is 0 Å². The molecule has 0 aliphatic carbocycles. The van der Waals surface area contributed by atoms with Crippen LogP contribution in [0.1, 0.15) is 29.3 Å². The third-order valence-electron chi connectivity index (χ3n) is 4.98. The first-order chi connectivity index (χ1) is 12.7. The average Bonchev–Trinajstić information content (AvgIpc) is 3.16. The number of fused-ring (bicyclic) bond motifs is 1. The molecule has 0 amide bonds. The molecule has 3 atom stereocenters. The third-order valence-corrected chi connectivity index (χ3v) is 5.85. The van der Waals surface area contributed by atoms with Gasteiger partial charge in [0.15, 0.2) is 0 Å². The molecule has 2 aliphatic heterocycles. The van der Waals surface area contributed by atoms with Crippen LogP contribution >= 0.6 is 0 Å². The topological polar surface area (TPSA) is 103 Å². The first-order valence-electron chi connectivity index (χ1n) is 8.42. The van der Waals surface area contributed by atoms with Gasteiger partial charge in [-0.25, -0.2) is 17.8 Å². The van der Waals surface area contributed by atoms with Gasteiger partial charge >= 0.3 is 0 Å². The van der Waals surface area contributed by atoms with Crippen LogP contribution in [0.3, 0.4) is 0 Å². The fourth-order valence-corrected chi connectivity index (χ4v) is 4.20. The summed E-state index contributed by atoms with van der Waals surface area (Å²) in [5.74, 6) is -1.43. The SMILES string of the molecule is CS(=O)(=O)n1cc2c(n1)CN(C1COC(c3cc(F)cnc3F)C(N)C1)C2. The summed E-state index contributed by atoms with van der Waals surface area (Å²) >= 11 is 0. The molecule has 0 radical (unpaired) electrons. The van der Waals surface area contributed by atoms with Crippen molar-refractivity contribution in [2.75, 3.05) is 12.9 Å². The molecule has 4 rings (SSSR count). The number of halogens is 2. The summed E-state index contributed by atoms with van der Waals surface area (Å²) in [5.41, 5.74) is 7.75. The summed E-state index contributed by atoms with van der Waals surface area (Å²) in [6.45, 7) is 1.32. The number of nitrogens with zero attached hydrogens (tertiary/aromatic N) is 4. The van der Waals surface area contributed by atoms with E-state index in [9.17, 15) is 17.2 Å². The second-order valence-corrected chi connectivity index (χ2v) is 8.82. The second-order valence-electron chi connectivity index (χ2n) is 6.98. The number of aromatic nitrogens is 3. The Morgan fingerprint density at radius 1 is 1.33 bits per heavy atom. The van der Waals surface area contributed by atoms with Crippen LogP contribution in [-0.2, 0) is 27.8 Å². The van der Waals surface area contributed by atoms with Crippen molar-refractivity contribution in [2.24, 2.45) is 5.73 Å². The molecule has 0 spiro atoms. The molecule has 146 valence electrons. The minimum Gasteiger partial charge on any atom is -0.370 e. The Morgan fingerprint density at radius 3 is 2.78 bits per heavy atom. The van der Waals surface area contributed by atoms with Crippen molar-refractivity contribution in [1.29, 1.82) is 0 Å². The van der Waals surface area contributed by atoms with Crippen molar-refractivity contribution < 1.29 is 21.9 Å². The van der Waals surface area contributed by atoms with Crippen LogP contribution in [-0.4, -0.2) is 52.4 Å². The van der Waals surface area contributed by atoms with Crippen LogP contribution < -0.4 is 5.73 Å². The van der Waals surface area contributed by atoms with E-state index in [0.717, 1.165) is 28.2 Å². The molecule has 8 nitrogen and oxygen atoms in total. The van der Waals surface area contributed by atoms with Gasteiger partial charge in [0.25, 0.3) is 10.0 Å². The van der Waals surface area contributed by atoms with Crippen molar-refractivity contribution in [3.8, 4) is 0 Å². The lowest BCUT2D eigenvalue weighted by Gasteiger charge is -2.38. The number of pyridine rings is 1. The lowest BCUT2D eigenvalue weighted by molar-refractivity contribution is -0.0536. The largest absolute Gasteiger partial charge is 0.370 e. The van der Waals surface area contributed by atoms with E-state index in [4.69, 9.17) is 10.5 Å². The summed E-state index contributed by atoms with van der Waals surface area (Å²) < 4.78 is 57.2. The fraction of sp³-hybridized carbons (Fsp3) is 0.500. The molecule has 2 aromatic heterocycles. The highest BCUT2D eigenvalue weighted by molar-refractivity contribution is 7.89. The fourth-order valence-electron chi connectivity index (χ4n) is 3.64. The Kier molecular flexibility index (Phi) is 4.49. The van der Waals surface area contributed by atoms with Crippen molar-refractivity contribution in [3.05, 3.63) is 47.0 Å². The van der Waals surface area contributed by atoms with E-state index in [1.165, 1.54) is 6.20 Å². The van der Waals surface area contributed by atoms with E-state index >= 15 is 0 Å². The smallest absolute Gasteiger partial charge is 0.250 e. The second kappa shape index (κ2) is 6.59. The minimum atomic E-state index is -3.41. The van der Waals surface area contributed by atoms with Crippen molar-refractivity contribution in [3.63, 3.8) is 0 Å². The molecule has 0 bridgehead atoms. The zero-order valence-corrected chi connectivity index (χ0v) is 15.4. The van der Waals surface area contributed by atoms with Crippen LogP contribution in [0.2, 0.25) is 0 Å². The van der Waals surface area contributed by atoms with E-state index in [-0.39, 0.29) is 11.6 Å². The standard InChI is InChI=1S/C16H19F2N5O3S/c1-27(24,25)23-6-9-5-22(7-14(9)21-23)11-3-13(19)15(26-8-11)12-2-10(17)4-20-16(12)18/h2,4,6,11,13,15H,3,5,7-8,19H2,1H3. The summed E-state index contributed by atoms with van der Waals surface area (Å²) in [6, 6.07) is 0.514. The van der Waals surface area contributed by atoms with E-state index in [2.05, 4.69) is 15.0 Å². The molecule has 2 aliphatic rings. The van der Waals surface area contributed by atoms with Gasteiger partial charge in [0.2, 0.25) is 5.95 Å². The van der Waals surface area contributed by atoms with Gasteiger partial charge in [-0.05, 0) is 12.5 Å². The number of nitrogens with two attached hydrogens (primary N) is 1. The zero-order valence-electron chi connectivity index (χ0n) is 14.5. The van der Waals surface area contributed by atoms with Gasteiger partial charge in [0.05, 0.1) is 24.8 Å². The first kappa shape index (κ1) is 18.4. The number of hydrogen-bond acceptors (Lipinski definition) is 7. The third kappa shape index (κ3) is 3.47. The Bertz CT molecular complexity index is 957. The molecule has 0 saturated carbocycles. The Hall–Kier alpha value is -1.95. The average molecular weight is 399 g/mol. The van der Waals surface area contributed by atoms with Crippen LogP contribution in [0.4, 0.5) is 8.78 Å². The summed E-state index contributed by atoms with van der Waals surface area (Å²) in [7, 11) is -3.41. The summed E-state index contributed by atoms with van der Waals surface area (Å²) in [4.78, 5) is 5.48. The maximum absolute atomic E-state index is 13.9. The molecule has 11 heteroatoms. The lowest BCUT2D eigenvalue weighted by atomic mass is 9.94. The van der Waals surface area contributed by atoms with E-state index in [0.29, 0.717) is 31.8 Å². The van der Waals surface area contributed by atoms with Gasteiger partial charge in [0, 0.05) is 42.5 Å². The highest BCUT2D eigenvalue weighted by Gasteiger charge is 2.37. The van der Waals surface area contributed by atoms with Crippen molar-refractivity contribution in [1.82, 2.24) is 19.1 Å².